The molecule has 0 saturated carbocycles. The fourth-order valence-corrected chi connectivity index (χ4v) is 1.64. The zero-order valence-corrected chi connectivity index (χ0v) is 9.19. The van der Waals surface area contributed by atoms with E-state index in [1.807, 2.05) is 12.1 Å². The quantitative estimate of drug-likeness (QED) is 0.734. The minimum Gasteiger partial charge on any atom is -0.478 e. The molecule has 0 fully saturated rings. The molecular weight excluding hydrogens is 232 g/mol. The van der Waals surface area contributed by atoms with Gasteiger partial charge in [0.05, 0.1) is 11.3 Å². The Kier molecular flexibility index (Phi) is 2.26. The van der Waals surface area contributed by atoms with Gasteiger partial charge in [0.25, 0.3) is 0 Å². The van der Waals surface area contributed by atoms with Crippen molar-refractivity contribution < 1.29 is 9.90 Å². The van der Waals surface area contributed by atoms with E-state index in [1.54, 1.807) is 18.5 Å². The van der Waals surface area contributed by atoms with Crippen LogP contribution >= 0.6 is 0 Å². The first kappa shape index (κ1) is 10.4. The fourth-order valence-electron chi connectivity index (χ4n) is 1.64. The highest BCUT2D eigenvalue weighted by molar-refractivity contribution is 5.87. The van der Waals surface area contributed by atoms with Crippen molar-refractivity contribution in [1.29, 1.82) is 0 Å². The van der Waals surface area contributed by atoms with Gasteiger partial charge in [-0.2, -0.15) is 5.10 Å². The zero-order valence-electron chi connectivity index (χ0n) is 9.19. The summed E-state index contributed by atoms with van der Waals surface area (Å²) in [5, 5.41) is 13.2. The predicted molar refractivity (Wildman–Crippen MR) is 63.2 cm³/mol. The summed E-state index contributed by atoms with van der Waals surface area (Å²) >= 11 is 0. The third-order valence-corrected chi connectivity index (χ3v) is 2.52. The van der Waals surface area contributed by atoms with Crippen molar-refractivity contribution in [3.63, 3.8) is 0 Å². The van der Waals surface area contributed by atoms with Gasteiger partial charge in [-0.1, -0.05) is 0 Å². The van der Waals surface area contributed by atoms with E-state index in [1.165, 1.54) is 16.9 Å². The van der Waals surface area contributed by atoms with E-state index in [2.05, 4.69) is 15.1 Å². The number of carbonyl (C=O) groups is 1. The summed E-state index contributed by atoms with van der Waals surface area (Å²) in [6, 6.07) is 5.48. The number of aromatic carboxylic acids is 1. The number of carboxylic acid groups (broad SMARTS) is 1. The molecule has 0 saturated heterocycles. The summed E-state index contributed by atoms with van der Waals surface area (Å²) in [7, 11) is 0. The molecule has 88 valence electrons. The van der Waals surface area contributed by atoms with Crippen molar-refractivity contribution in [2.75, 3.05) is 0 Å². The lowest BCUT2D eigenvalue weighted by Crippen LogP contribution is -2.00. The van der Waals surface area contributed by atoms with Gasteiger partial charge in [-0.3, -0.25) is 4.98 Å². The second-order valence-corrected chi connectivity index (χ2v) is 3.72. The van der Waals surface area contributed by atoms with E-state index in [-0.39, 0.29) is 5.56 Å². The van der Waals surface area contributed by atoms with Gasteiger partial charge < -0.3 is 5.11 Å². The zero-order chi connectivity index (χ0) is 12.5. The van der Waals surface area contributed by atoms with Crippen molar-refractivity contribution in [2.45, 2.75) is 0 Å². The Morgan fingerprint density at radius 2 is 2.22 bits per heavy atom. The molecule has 0 aromatic carbocycles. The minimum absolute atomic E-state index is 0.100. The first-order valence-electron chi connectivity index (χ1n) is 5.23. The summed E-state index contributed by atoms with van der Waals surface area (Å²) in [6.07, 6.45) is 6.12. The molecule has 18 heavy (non-hydrogen) atoms. The molecule has 0 aliphatic rings. The second-order valence-electron chi connectivity index (χ2n) is 3.72. The molecule has 0 aliphatic heterocycles. The topological polar surface area (TPSA) is 80.4 Å². The van der Waals surface area contributed by atoms with Crippen LogP contribution in [-0.4, -0.2) is 30.7 Å². The number of nitrogens with zero attached hydrogens (tertiary/aromatic N) is 4. The Morgan fingerprint density at radius 3 is 2.94 bits per heavy atom. The van der Waals surface area contributed by atoms with Gasteiger partial charge in [0, 0.05) is 36.4 Å². The van der Waals surface area contributed by atoms with Crippen LogP contribution in [0.25, 0.3) is 16.9 Å². The Morgan fingerprint density at radius 1 is 1.33 bits per heavy atom. The average Bonchev–Trinajstić information content (AvgIpc) is 2.82. The van der Waals surface area contributed by atoms with Crippen LogP contribution in [0.4, 0.5) is 0 Å². The average molecular weight is 240 g/mol. The van der Waals surface area contributed by atoms with Crippen LogP contribution in [0.15, 0.2) is 43.0 Å². The molecule has 3 aromatic heterocycles. The molecule has 0 bridgehead atoms. The highest BCUT2D eigenvalue weighted by atomic mass is 16.4. The maximum absolute atomic E-state index is 10.8. The van der Waals surface area contributed by atoms with Gasteiger partial charge in [0.15, 0.2) is 5.65 Å². The second kappa shape index (κ2) is 3.92. The molecule has 0 unspecified atom stereocenters. The Labute approximate surface area is 102 Å². The van der Waals surface area contributed by atoms with Gasteiger partial charge in [0.1, 0.15) is 0 Å². The molecule has 6 nitrogen and oxygen atoms in total. The predicted octanol–water partition coefficient (Wildman–Crippen LogP) is 1.49. The van der Waals surface area contributed by atoms with E-state index >= 15 is 0 Å². The molecule has 0 radical (unpaired) electrons. The number of aromatic nitrogens is 4. The third kappa shape index (κ3) is 1.69. The van der Waals surface area contributed by atoms with Crippen molar-refractivity contribution in [1.82, 2.24) is 19.6 Å². The molecule has 1 N–H and O–H groups in total. The van der Waals surface area contributed by atoms with E-state index in [0.29, 0.717) is 11.3 Å². The smallest absolute Gasteiger partial charge is 0.338 e. The summed E-state index contributed by atoms with van der Waals surface area (Å²) in [5.41, 5.74) is 2.26. The molecule has 3 heterocycles. The number of rotatable bonds is 2. The van der Waals surface area contributed by atoms with Crippen LogP contribution in [0, 0.1) is 0 Å². The van der Waals surface area contributed by atoms with Crippen LogP contribution in [-0.2, 0) is 0 Å². The van der Waals surface area contributed by atoms with E-state index in [4.69, 9.17) is 5.11 Å². The molecule has 6 heteroatoms. The van der Waals surface area contributed by atoms with Crippen LogP contribution in [0.3, 0.4) is 0 Å². The summed E-state index contributed by atoms with van der Waals surface area (Å²) in [4.78, 5) is 18.9. The first-order valence-corrected chi connectivity index (χ1v) is 5.23. The van der Waals surface area contributed by atoms with Crippen molar-refractivity contribution in [2.24, 2.45) is 0 Å². The molecule has 0 atom stereocenters. The van der Waals surface area contributed by atoms with Gasteiger partial charge in [0.2, 0.25) is 0 Å². The number of hydrogen-bond acceptors (Lipinski definition) is 4. The van der Waals surface area contributed by atoms with Gasteiger partial charge >= 0.3 is 5.97 Å². The lowest BCUT2D eigenvalue weighted by Gasteiger charge is -1.94. The summed E-state index contributed by atoms with van der Waals surface area (Å²) in [5.74, 6) is -1.03. The molecular formula is C12H8N4O2. The number of carboxylic acids is 1. The van der Waals surface area contributed by atoms with Gasteiger partial charge in [-0.05, 0) is 12.1 Å². The monoisotopic (exact) mass is 240 g/mol. The van der Waals surface area contributed by atoms with Crippen molar-refractivity contribution in [3.05, 3.63) is 48.5 Å². The van der Waals surface area contributed by atoms with Gasteiger partial charge in [-0.15, -0.1) is 0 Å². The fraction of sp³-hybridized carbons (Fsp3) is 0. The molecule has 0 amide bonds. The van der Waals surface area contributed by atoms with Crippen LogP contribution in [0.2, 0.25) is 0 Å². The van der Waals surface area contributed by atoms with Crippen LogP contribution in [0.1, 0.15) is 10.4 Å². The lowest BCUT2D eigenvalue weighted by atomic mass is 10.2. The molecule has 0 spiro atoms. The van der Waals surface area contributed by atoms with Crippen molar-refractivity contribution in [3.8, 4) is 11.3 Å². The summed E-state index contributed by atoms with van der Waals surface area (Å²) in [6.45, 7) is 0. The SMILES string of the molecule is O=C(O)c1cnc2cc(-c3cccnc3)nn2c1. The van der Waals surface area contributed by atoms with E-state index in [9.17, 15) is 4.79 Å². The Balaban J connectivity index is 2.14. The molecule has 3 rings (SSSR count). The number of hydrogen-bond donors (Lipinski definition) is 1. The molecule has 0 aliphatic carbocycles. The van der Waals surface area contributed by atoms with E-state index < -0.39 is 5.97 Å². The largest absolute Gasteiger partial charge is 0.478 e. The highest BCUT2D eigenvalue weighted by Gasteiger charge is 2.08. The summed E-state index contributed by atoms with van der Waals surface area (Å²) < 4.78 is 1.45. The lowest BCUT2D eigenvalue weighted by molar-refractivity contribution is 0.0695. The molecule has 3 aromatic rings. The van der Waals surface area contributed by atoms with Crippen LogP contribution in [0.5, 0.6) is 0 Å². The minimum atomic E-state index is -1.03. The Bertz CT molecular complexity index is 721. The first-order chi connectivity index (χ1) is 8.74. The maximum atomic E-state index is 10.8. The normalized spacial score (nSPS) is 10.7. The highest BCUT2D eigenvalue weighted by Crippen LogP contribution is 2.17. The maximum Gasteiger partial charge on any atom is 0.338 e. The van der Waals surface area contributed by atoms with E-state index in [0.717, 1.165) is 5.56 Å². The van der Waals surface area contributed by atoms with Gasteiger partial charge in [-0.25, -0.2) is 14.3 Å². The number of fused-ring (bicyclic) bond motifs is 1. The van der Waals surface area contributed by atoms with Crippen LogP contribution < -0.4 is 0 Å². The Hall–Kier alpha value is -2.76. The third-order valence-electron chi connectivity index (χ3n) is 2.52. The van der Waals surface area contributed by atoms with Crippen molar-refractivity contribution >= 4 is 11.6 Å². The standard InChI is InChI=1S/C12H8N4O2/c17-12(18)9-6-14-11-4-10(15-16(11)7-9)8-2-1-3-13-5-8/h1-7H,(H,17,18). The number of pyridine rings is 1.